The number of hydrogen-bond donors (Lipinski definition) is 0. The summed E-state index contributed by atoms with van der Waals surface area (Å²) in [6.07, 6.45) is 2.33. The van der Waals surface area contributed by atoms with Crippen LogP contribution in [0.25, 0.3) is 5.69 Å². The molecule has 0 bridgehead atoms. The minimum absolute atomic E-state index is 0.102. The van der Waals surface area contributed by atoms with Gasteiger partial charge in [-0.1, -0.05) is 29.5 Å². The van der Waals surface area contributed by atoms with Crippen LogP contribution in [-0.2, 0) is 4.74 Å². The first kappa shape index (κ1) is 23.6. The molecule has 0 N–H and O–H groups in total. The van der Waals surface area contributed by atoms with E-state index in [2.05, 4.69) is 62.3 Å². The van der Waals surface area contributed by atoms with Gasteiger partial charge in [0.15, 0.2) is 10.9 Å². The Hall–Kier alpha value is -2.58. The Bertz CT molecular complexity index is 1110. The van der Waals surface area contributed by atoms with Crippen LogP contribution in [0.4, 0.5) is 5.95 Å². The van der Waals surface area contributed by atoms with E-state index in [1.165, 1.54) is 30.2 Å². The van der Waals surface area contributed by atoms with E-state index >= 15 is 0 Å². The van der Waals surface area contributed by atoms with Crippen molar-refractivity contribution < 1.29 is 9.53 Å². The number of ether oxygens (including phenoxy) is 1. The number of aryl methyl sites for hydroxylation is 2. The molecule has 0 radical (unpaired) electrons. The Morgan fingerprint density at radius 3 is 2.48 bits per heavy atom. The standard InChI is InChI=1S/C25H33N5O2S/c1-17-8-10-21(11-9-17)30-24(28-12-6-7-13-28)26-27-25(30)33-16-23(31)22-14-18(2)29(20(22)4)19(3)15-32-5/h8-11,14,19H,6-7,12-13,15-16H2,1-5H3. The molecule has 0 amide bonds. The maximum Gasteiger partial charge on any atom is 0.232 e. The van der Waals surface area contributed by atoms with E-state index in [4.69, 9.17) is 4.74 Å². The highest BCUT2D eigenvalue weighted by Gasteiger charge is 2.24. The summed E-state index contributed by atoms with van der Waals surface area (Å²) in [4.78, 5) is 15.5. The van der Waals surface area contributed by atoms with Crippen LogP contribution in [0, 0.1) is 20.8 Å². The van der Waals surface area contributed by atoms with Gasteiger partial charge in [0, 0.05) is 37.2 Å². The van der Waals surface area contributed by atoms with Crippen molar-refractivity contribution in [2.24, 2.45) is 0 Å². The molecule has 1 fully saturated rings. The summed E-state index contributed by atoms with van der Waals surface area (Å²) in [7, 11) is 1.70. The fourth-order valence-electron chi connectivity index (χ4n) is 4.66. The number of Topliss-reactive ketones (excluding diaryl/α,β-unsaturated/α-hetero) is 1. The Morgan fingerprint density at radius 1 is 1.12 bits per heavy atom. The van der Waals surface area contributed by atoms with E-state index in [0.29, 0.717) is 12.4 Å². The third kappa shape index (κ3) is 4.87. The summed E-state index contributed by atoms with van der Waals surface area (Å²) in [5.74, 6) is 1.27. The minimum atomic E-state index is 0.102. The summed E-state index contributed by atoms with van der Waals surface area (Å²) in [5, 5.41) is 9.75. The third-order valence-electron chi connectivity index (χ3n) is 6.26. The van der Waals surface area contributed by atoms with Gasteiger partial charge in [-0.2, -0.15) is 0 Å². The van der Waals surface area contributed by atoms with E-state index in [0.717, 1.165) is 46.8 Å². The van der Waals surface area contributed by atoms with Gasteiger partial charge >= 0.3 is 0 Å². The smallest absolute Gasteiger partial charge is 0.232 e. The van der Waals surface area contributed by atoms with Crippen LogP contribution in [0.2, 0.25) is 0 Å². The number of hydrogen-bond acceptors (Lipinski definition) is 6. The number of carbonyl (C=O) groups is 1. The Morgan fingerprint density at radius 2 is 1.82 bits per heavy atom. The number of methoxy groups -OCH3 is 1. The van der Waals surface area contributed by atoms with Gasteiger partial charge in [-0.15, -0.1) is 10.2 Å². The molecule has 7 nitrogen and oxygen atoms in total. The molecule has 176 valence electrons. The van der Waals surface area contributed by atoms with Crippen LogP contribution < -0.4 is 4.90 Å². The van der Waals surface area contributed by atoms with E-state index in [-0.39, 0.29) is 11.8 Å². The highest BCUT2D eigenvalue weighted by molar-refractivity contribution is 7.99. The van der Waals surface area contributed by atoms with Crippen LogP contribution in [0.1, 0.15) is 53.1 Å². The van der Waals surface area contributed by atoms with Crippen LogP contribution >= 0.6 is 11.8 Å². The number of nitrogens with zero attached hydrogens (tertiary/aromatic N) is 5. The molecular formula is C25H33N5O2S. The lowest BCUT2D eigenvalue weighted by Crippen LogP contribution is -2.22. The van der Waals surface area contributed by atoms with Crippen molar-refractivity contribution in [3.05, 3.63) is 52.8 Å². The SMILES string of the molecule is COCC(C)n1c(C)cc(C(=O)CSc2nnc(N3CCCC3)n2-c2ccc(C)cc2)c1C. The summed E-state index contributed by atoms with van der Waals surface area (Å²) in [6, 6.07) is 10.5. The quantitative estimate of drug-likeness (QED) is 0.333. The van der Waals surface area contributed by atoms with Gasteiger partial charge in [0.2, 0.25) is 5.95 Å². The molecule has 1 aromatic carbocycles. The zero-order valence-corrected chi connectivity index (χ0v) is 21.0. The normalized spacial score (nSPS) is 14.8. The molecule has 4 rings (SSSR count). The second kappa shape index (κ2) is 10.1. The second-order valence-electron chi connectivity index (χ2n) is 8.82. The minimum Gasteiger partial charge on any atom is -0.383 e. The van der Waals surface area contributed by atoms with E-state index in [1.807, 2.05) is 19.9 Å². The number of rotatable bonds is 9. The Kier molecular flexibility index (Phi) is 7.24. The topological polar surface area (TPSA) is 65.2 Å². The van der Waals surface area contributed by atoms with Crippen molar-refractivity contribution in [1.82, 2.24) is 19.3 Å². The first-order valence-electron chi connectivity index (χ1n) is 11.5. The lowest BCUT2D eigenvalue weighted by atomic mass is 10.2. The van der Waals surface area contributed by atoms with Crippen molar-refractivity contribution >= 4 is 23.5 Å². The van der Waals surface area contributed by atoms with E-state index < -0.39 is 0 Å². The Labute approximate surface area is 200 Å². The summed E-state index contributed by atoms with van der Waals surface area (Å²) >= 11 is 1.45. The second-order valence-corrected chi connectivity index (χ2v) is 9.76. The molecular weight excluding hydrogens is 434 g/mol. The van der Waals surface area contributed by atoms with Crippen LogP contribution in [0.3, 0.4) is 0 Å². The van der Waals surface area contributed by atoms with Gasteiger partial charge in [-0.3, -0.25) is 9.36 Å². The third-order valence-corrected chi connectivity index (χ3v) is 7.19. The zero-order chi connectivity index (χ0) is 23.5. The molecule has 1 unspecified atom stereocenters. The zero-order valence-electron chi connectivity index (χ0n) is 20.2. The maximum atomic E-state index is 13.2. The van der Waals surface area contributed by atoms with E-state index in [1.54, 1.807) is 7.11 Å². The molecule has 2 aromatic heterocycles. The van der Waals surface area contributed by atoms with E-state index in [9.17, 15) is 4.79 Å². The average molecular weight is 468 g/mol. The highest BCUT2D eigenvalue weighted by atomic mass is 32.2. The van der Waals surface area contributed by atoms with Gasteiger partial charge < -0.3 is 14.2 Å². The van der Waals surface area contributed by atoms with Gasteiger partial charge in [-0.25, -0.2) is 0 Å². The maximum absolute atomic E-state index is 13.2. The van der Waals surface area contributed by atoms with Gasteiger partial charge in [0.05, 0.1) is 24.1 Å². The van der Waals surface area contributed by atoms with Gasteiger partial charge in [0.25, 0.3) is 0 Å². The van der Waals surface area contributed by atoms with Crippen molar-refractivity contribution in [2.45, 2.75) is 51.7 Å². The Balaban J connectivity index is 1.58. The molecule has 3 aromatic rings. The molecule has 0 saturated carbocycles. The number of ketones is 1. The van der Waals surface area contributed by atoms with Crippen molar-refractivity contribution in [3.8, 4) is 5.69 Å². The monoisotopic (exact) mass is 467 g/mol. The summed E-state index contributed by atoms with van der Waals surface area (Å²) < 4.78 is 9.59. The number of anilines is 1. The average Bonchev–Trinajstić information content (AvgIpc) is 3.52. The largest absolute Gasteiger partial charge is 0.383 e. The fourth-order valence-corrected chi connectivity index (χ4v) is 5.49. The van der Waals surface area contributed by atoms with Crippen molar-refractivity contribution in [1.29, 1.82) is 0 Å². The van der Waals surface area contributed by atoms with Gasteiger partial charge in [-0.05, 0) is 58.7 Å². The molecule has 3 heterocycles. The molecule has 1 saturated heterocycles. The molecule has 8 heteroatoms. The number of carbonyl (C=O) groups excluding carboxylic acids is 1. The molecule has 1 aliphatic rings. The predicted molar refractivity (Wildman–Crippen MR) is 133 cm³/mol. The predicted octanol–water partition coefficient (Wildman–Crippen LogP) is 4.78. The van der Waals surface area contributed by atoms with Crippen LogP contribution in [0.15, 0.2) is 35.5 Å². The number of aromatic nitrogens is 4. The summed E-state index contributed by atoms with van der Waals surface area (Å²) in [6.45, 7) is 10.8. The molecule has 33 heavy (non-hydrogen) atoms. The van der Waals surface area contributed by atoms with Crippen LogP contribution in [0.5, 0.6) is 0 Å². The fraction of sp³-hybridized carbons (Fsp3) is 0.480. The molecule has 0 aliphatic carbocycles. The van der Waals surface area contributed by atoms with Crippen molar-refractivity contribution in [3.63, 3.8) is 0 Å². The van der Waals surface area contributed by atoms with Crippen LogP contribution in [-0.4, -0.2) is 57.7 Å². The molecule has 0 spiro atoms. The number of thioether (sulfide) groups is 1. The van der Waals surface area contributed by atoms with Gasteiger partial charge in [0.1, 0.15) is 0 Å². The highest BCUT2D eigenvalue weighted by Crippen LogP contribution is 2.30. The molecule has 1 aliphatic heterocycles. The molecule has 1 atom stereocenters. The summed E-state index contributed by atoms with van der Waals surface area (Å²) in [5.41, 5.74) is 5.06. The number of benzene rings is 1. The lowest BCUT2D eigenvalue weighted by molar-refractivity contribution is 0.102. The first-order chi connectivity index (χ1) is 15.9. The van der Waals surface area contributed by atoms with Crippen molar-refractivity contribution in [2.75, 3.05) is 37.5 Å². The lowest BCUT2D eigenvalue weighted by Gasteiger charge is -2.18. The first-order valence-corrected chi connectivity index (χ1v) is 12.5.